The summed E-state index contributed by atoms with van der Waals surface area (Å²) in [4.78, 5) is 15.7. The number of rotatable bonds is 3. The third-order valence-corrected chi connectivity index (χ3v) is 4.97. The van der Waals surface area contributed by atoms with E-state index in [-0.39, 0.29) is 0 Å². The zero-order valence-electron chi connectivity index (χ0n) is 15.0. The summed E-state index contributed by atoms with van der Waals surface area (Å²) in [6.07, 6.45) is 4.51. The van der Waals surface area contributed by atoms with Crippen LogP contribution in [0.5, 0.6) is 0 Å². The number of fused-ring (bicyclic) bond motifs is 1. The van der Waals surface area contributed by atoms with Crippen LogP contribution in [-0.2, 0) is 20.0 Å². The first-order valence-corrected chi connectivity index (χ1v) is 8.87. The Kier molecular flexibility index (Phi) is 4.24. The molecule has 4 rings (SSSR count). The van der Waals surface area contributed by atoms with Gasteiger partial charge in [-0.2, -0.15) is 5.10 Å². The summed E-state index contributed by atoms with van der Waals surface area (Å²) < 4.78 is 1.79. The molecule has 0 amide bonds. The maximum absolute atomic E-state index is 6.25. The number of aryl methyl sites for hydroxylation is 2. The van der Waals surface area contributed by atoms with Crippen LogP contribution in [0.1, 0.15) is 22.6 Å². The molecule has 0 saturated carbocycles. The summed E-state index contributed by atoms with van der Waals surface area (Å²) in [7, 11) is 1.90. The third kappa shape index (κ3) is 3.10. The smallest absolute Gasteiger partial charge is 0.137 e. The van der Waals surface area contributed by atoms with Gasteiger partial charge in [-0.25, -0.2) is 9.97 Å². The number of halogens is 1. The predicted molar refractivity (Wildman–Crippen MR) is 102 cm³/mol. The molecule has 0 atom stereocenters. The number of anilines is 3. The van der Waals surface area contributed by atoms with Crippen molar-refractivity contribution in [1.82, 2.24) is 24.7 Å². The van der Waals surface area contributed by atoms with Crippen LogP contribution >= 0.6 is 11.6 Å². The lowest BCUT2D eigenvalue weighted by Crippen LogP contribution is -2.32. The Morgan fingerprint density at radius 3 is 2.85 bits per heavy atom. The van der Waals surface area contributed by atoms with Gasteiger partial charge in [-0.1, -0.05) is 11.6 Å². The third-order valence-electron chi connectivity index (χ3n) is 4.60. The van der Waals surface area contributed by atoms with E-state index < -0.39 is 0 Å². The van der Waals surface area contributed by atoms with Gasteiger partial charge in [-0.15, -0.1) is 0 Å². The maximum Gasteiger partial charge on any atom is 0.137 e. The molecule has 0 aliphatic carbocycles. The largest absolute Gasteiger partial charge is 0.351 e. The highest BCUT2D eigenvalue weighted by Gasteiger charge is 2.22. The standard InChI is InChI=1S/C18H20ClN7/c1-11-17(19)22-12(2)23-18(11)26-7-5-15-13(10-26)8-14(9-20-15)24-16-4-6-21-25(16)3/h4,6,8-9,24H,5,7,10H2,1-3H3. The van der Waals surface area contributed by atoms with Crippen LogP contribution in [0.3, 0.4) is 0 Å². The van der Waals surface area contributed by atoms with E-state index in [0.717, 1.165) is 48.1 Å². The van der Waals surface area contributed by atoms with Gasteiger partial charge in [0.05, 0.1) is 18.1 Å². The molecule has 0 saturated heterocycles. The van der Waals surface area contributed by atoms with E-state index in [1.807, 2.05) is 33.2 Å². The lowest BCUT2D eigenvalue weighted by Gasteiger charge is -2.30. The minimum Gasteiger partial charge on any atom is -0.351 e. The van der Waals surface area contributed by atoms with Crippen LogP contribution in [0.15, 0.2) is 24.5 Å². The van der Waals surface area contributed by atoms with Gasteiger partial charge in [0.15, 0.2) is 0 Å². The lowest BCUT2D eigenvalue weighted by molar-refractivity contribution is 0.697. The van der Waals surface area contributed by atoms with Crippen LogP contribution in [0, 0.1) is 13.8 Å². The van der Waals surface area contributed by atoms with Crippen molar-refractivity contribution in [3.63, 3.8) is 0 Å². The van der Waals surface area contributed by atoms with Crippen molar-refractivity contribution in [2.24, 2.45) is 7.05 Å². The number of nitrogens with one attached hydrogen (secondary N) is 1. The first-order chi connectivity index (χ1) is 12.5. The molecule has 0 radical (unpaired) electrons. The van der Waals surface area contributed by atoms with E-state index in [2.05, 4.69) is 36.3 Å². The Morgan fingerprint density at radius 2 is 2.08 bits per heavy atom. The normalized spacial score (nSPS) is 13.6. The van der Waals surface area contributed by atoms with Crippen molar-refractivity contribution < 1.29 is 0 Å². The molecule has 0 bridgehead atoms. The summed E-state index contributed by atoms with van der Waals surface area (Å²) in [5, 5.41) is 8.05. The molecule has 0 unspecified atom stereocenters. The van der Waals surface area contributed by atoms with E-state index in [1.54, 1.807) is 10.9 Å². The highest BCUT2D eigenvalue weighted by atomic mass is 35.5. The van der Waals surface area contributed by atoms with E-state index in [0.29, 0.717) is 11.0 Å². The first-order valence-electron chi connectivity index (χ1n) is 8.50. The SMILES string of the molecule is Cc1nc(Cl)c(C)c(N2CCc3ncc(Nc4ccnn4C)cc3C2)n1. The Hall–Kier alpha value is -2.67. The average Bonchev–Trinajstić information content (AvgIpc) is 3.02. The zero-order valence-corrected chi connectivity index (χ0v) is 15.7. The Bertz CT molecular complexity index is 966. The Balaban J connectivity index is 1.62. The second-order valence-corrected chi connectivity index (χ2v) is 6.83. The summed E-state index contributed by atoms with van der Waals surface area (Å²) in [5.41, 5.74) is 4.18. The summed E-state index contributed by atoms with van der Waals surface area (Å²) >= 11 is 6.25. The van der Waals surface area contributed by atoms with Crippen LogP contribution in [-0.4, -0.2) is 31.3 Å². The maximum atomic E-state index is 6.25. The van der Waals surface area contributed by atoms with Crippen molar-refractivity contribution in [1.29, 1.82) is 0 Å². The van der Waals surface area contributed by atoms with E-state index in [9.17, 15) is 0 Å². The highest BCUT2D eigenvalue weighted by Crippen LogP contribution is 2.29. The van der Waals surface area contributed by atoms with Crippen LogP contribution < -0.4 is 10.2 Å². The van der Waals surface area contributed by atoms with Gasteiger partial charge >= 0.3 is 0 Å². The van der Waals surface area contributed by atoms with E-state index >= 15 is 0 Å². The molecular weight excluding hydrogens is 350 g/mol. The second kappa shape index (κ2) is 6.57. The molecule has 1 aliphatic heterocycles. The average molecular weight is 370 g/mol. The number of hydrogen-bond acceptors (Lipinski definition) is 6. The number of pyridine rings is 1. The van der Waals surface area contributed by atoms with Crippen LogP contribution in [0.25, 0.3) is 0 Å². The molecule has 8 heteroatoms. The quantitative estimate of drug-likeness (QED) is 0.715. The predicted octanol–water partition coefficient (Wildman–Crippen LogP) is 3.18. The highest BCUT2D eigenvalue weighted by molar-refractivity contribution is 6.30. The summed E-state index contributed by atoms with van der Waals surface area (Å²) in [6, 6.07) is 4.08. The molecule has 7 nitrogen and oxygen atoms in total. The fraction of sp³-hybridized carbons (Fsp3) is 0.333. The first kappa shape index (κ1) is 16.8. The molecule has 0 aromatic carbocycles. The van der Waals surface area contributed by atoms with E-state index in [4.69, 9.17) is 11.6 Å². The van der Waals surface area contributed by atoms with Crippen LogP contribution in [0.4, 0.5) is 17.3 Å². The Labute approximate surface area is 157 Å². The molecule has 1 aliphatic rings. The van der Waals surface area contributed by atoms with Crippen molar-refractivity contribution in [2.45, 2.75) is 26.8 Å². The topological polar surface area (TPSA) is 71.8 Å². The van der Waals surface area contributed by atoms with Crippen molar-refractivity contribution in [3.8, 4) is 0 Å². The van der Waals surface area contributed by atoms with Gasteiger partial charge in [0, 0.05) is 43.9 Å². The number of aromatic nitrogens is 5. The van der Waals surface area contributed by atoms with Crippen molar-refractivity contribution in [3.05, 3.63) is 52.3 Å². The molecule has 3 aromatic rings. The minimum absolute atomic E-state index is 0.517. The lowest BCUT2D eigenvalue weighted by atomic mass is 10.0. The molecular formula is C18H20ClN7. The molecule has 26 heavy (non-hydrogen) atoms. The van der Waals surface area contributed by atoms with Gasteiger partial charge in [0.2, 0.25) is 0 Å². The van der Waals surface area contributed by atoms with Crippen molar-refractivity contribution in [2.75, 3.05) is 16.8 Å². The summed E-state index contributed by atoms with van der Waals surface area (Å²) in [5.74, 6) is 2.51. The zero-order chi connectivity index (χ0) is 18.3. The molecule has 3 aromatic heterocycles. The fourth-order valence-corrected chi connectivity index (χ4v) is 3.41. The Morgan fingerprint density at radius 1 is 1.23 bits per heavy atom. The van der Waals surface area contributed by atoms with Gasteiger partial charge in [-0.3, -0.25) is 9.67 Å². The second-order valence-electron chi connectivity index (χ2n) is 6.48. The fourth-order valence-electron chi connectivity index (χ4n) is 3.21. The molecule has 0 fully saturated rings. The molecule has 1 N–H and O–H groups in total. The van der Waals surface area contributed by atoms with Crippen molar-refractivity contribution >= 4 is 28.9 Å². The molecule has 134 valence electrons. The number of hydrogen-bond donors (Lipinski definition) is 1. The number of nitrogens with zero attached hydrogens (tertiary/aromatic N) is 6. The van der Waals surface area contributed by atoms with Gasteiger partial charge in [0.1, 0.15) is 22.6 Å². The van der Waals surface area contributed by atoms with E-state index in [1.165, 1.54) is 5.56 Å². The minimum atomic E-state index is 0.517. The monoisotopic (exact) mass is 369 g/mol. The van der Waals surface area contributed by atoms with Gasteiger partial charge < -0.3 is 10.2 Å². The van der Waals surface area contributed by atoms with Crippen LogP contribution in [0.2, 0.25) is 5.15 Å². The summed E-state index contributed by atoms with van der Waals surface area (Å²) in [6.45, 7) is 5.44. The van der Waals surface area contributed by atoms with Gasteiger partial charge in [0.25, 0.3) is 0 Å². The molecule has 4 heterocycles. The molecule has 0 spiro atoms. The van der Waals surface area contributed by atoms with Gasteiger partial charge in [-0.05, 0) is 25.5 Å².